The zero-order chi connectivity index (χ0) is 20.6. The molecule has 0 aliphatic carbocycles. The van der Waals surface area contributed by atoms with E-state index in [0.29, 0.717) is 13.1 Å². The summed E-state index contributed by atoms with van der Waals surface area (Å²) in [6.45, 7) is 1.92. The molecule has 3 rings (SSSR count). The van der Waals surface area contributed by atoms with Gasteiger partial charge in [-0.25, -0.2) is 4.79 Å². The van der Waals surface area contributed by atoms with Crippen LogP contribution in [0.1, 0.15) is 24.4 Å². The summed E-state index contributed by atoms with van der Waals surface area (Å²) in [4.78, 5) is 28.6. The fourth-order valence-corrected chi connectivity index (χ4v) is 3.74. The molecule has 3 N–H and O–H groups in total. The van der Waals surface area contributed by atoms with Crippen molar-refractivity contribution in [2.24, 2.45) is 5.92 Å². The lowest BCUT2D eigenvalue weighted by Crippen LogP contribution is -3.06. The molecular weight excluding hydrogens is 364 g/mol. The molecular formula is C23H31N4O2+. The van der Waals surface area contributed by atoms with Crippen LogP contribution in [0.4, 0.5) is 10.5 Å². The highest BCUT2D eigenvalue weighted by Crippen LogP contribution is 2.20. The van der Waals surface area contributed by atoms with Gasteiger partial charge in [-0.15, -0.1) is 0 Å². The van der Waals surface area contributed by atoms with Gasteiger partial charge in [-0.2, -0.15) is 0 Å². The predicted octanol–water partition coefficient (Wildman–Crippen LogP) is 1.93. The topological polar surface area (TPSA) is 65.9 Å². The number of hydrogen-bond donors (Lipinski definition) is 3. The first-order valence-corrected chi connectivity index (χ1v) is 10.3. The van der Waals surface area contributed by atoms with Crippen LogP contribution in [0.5, 0.6) is 0 Å². The van der Waals surface area contributed by atoms with Crippen molar-refractivity contribution in [1.82, 2.24) is 10.2 Å². The maximum atomic E-state index is 13.0. The van der Waals surface area contributed by atoms with E-state index >= 15 is 0 Å². The van der Waals surface area contributed by atoms with Crippen molar-refractivity contribution >= 4 is 17.6 Å². The third kappa shape index (κ3) is 6.06. The molecule has 2 aromatic carbocycles. The van der Waals surface area contributed by atoms with Crippen molar-refractivity contribution in [2.45, 2.75) is 18.9 Å². The Hall–Kier alpha value is -2.86. The summed E-state index contributed by atoms with van der Waals surface area (Å²) in [7, 11) is 4.16. The Morgan fingerprint density at radius 2 is 1.72 bits per heavy atom. The highest BCUT2D eigenvalue weighted by Gasteiger charge is 2.30. The molecule has 1 fully saturated rings. The Morgan fingerprint density at radius 3 is 2.38 bits per heavy atom. The van der Waals surface area contributed by atoms with Crippen LogP contribution in [0, 0.1) is 5.92 Å². The van der Waals surface area contributed by atoms with Gasteiger partial charge >= 0.3 is 6.03 Å². The number of quaternary nitrogens is 1. The second-order valence-electron chi connectivity index (χ2n) is 7.96. The number of nitrogens with one attached hydrogen (secondary N) is 3. The maximum Gasteiger partial charge on any atom is 0.321 e. The van der Waals surface area contributed by atoms with Crippen molar-refractivity contribution in [2.75, 3.05) is 39.0 Å². The first-order valence-electron chi connectivity index (χ1n) is 10.3. The van der Waals surface area contributed by atoms with Crippen molar-refractivity contribution in [3.63, 3.8) is 0 Å². The maximum absolute atomic E-state index is 13.0. The zero-order valence-electron chi connectivity index (χ0n) is 17.2. The van der Waals surface area contributed by atoms with Crippen LogP contribution in [0.15, 0.2) is 60.7 Å². The van der Waals surface area contributed by atoms with E-state index in [1.54, 1.807) is 4.90 Å². The number of nitrogens with zero attached hydrogens (tertiary/aromatic N) is 1. The summed E-state index contributed by atoms with van der Waals surface area (Å²) >= 11 is 0. The SMILES string of the molecule is C[NH+](C)C[C@H](NC(=O)[C@@H]1CCCN(C(=O)Nc2ccccc2)C1)c1ccccc1. The predicted molar refractivity (Wildman–Crippen MR) is 115 cm³/mol. The zero-order valence-corrected chi connectivity index (χ0v) is 17.2. The van der Waals surface area contributed by atoms with Gasteiger partial charge in [0.25, 0.3) is 0 Å². The number of benzene rings is 2. The molecule has 1 heterocycles. The van der Waals surface area contributed by atoms with Crippen molar-refractivity contribution in [3.05, 3.63) is 66.2 Å². The summed E-state index contributed by atoms with van der Waals surface area (Å²) in [5.41, 5.74) is 1.87. The third-order valence-corrected chi connectivity index (χ3v) is 5.24. The summed E-state index contributed by atoms with van der Waals surface area (Å²) in [6.07, 6.45) is 1.63. The molecule has 29 heavy (non-hydrogen) atoms. The molecule has 3 amide bonds. The monoisotopic (exact) mass is 395 g/mol. The summed E-state index contributed by atoms with van der Waals surface area (Å²) in [6, 6.07) is 19.3. The van der Waals surface area contributed by atoms with Crippen molar-refractivity contribution < 1.29 is 14.5 Å². The lowest BCUT2D eigenvalue weighted by molar-refractivity contribution is -0.860. The molecule has 0 radical (unpaired) electrons. The summed E-state index contributed by atoms with van der Waals surface area (Å²) in [5, 5.41) is 6.14. The van der Waals surface area contributed by atoms with Crippen LogP contribution in [0.2, 0.25) is 0 Å². The number of likely N-dealkylation sites (N-methyl/N-ethyl adjacent to an activating group) is 1. The highest BCUT2D eigenvalue weighted by molar-refractivity contribution is 5.90. The van der Waals surface area contributed by atoms with E-state index in [1.807, 2.05) is 60.7 Å². The Kier molecular flexibility index (Phi) is 7.25. The van der Waals surface area contributed by atoms with E-state index in [4.69, 9.17) is 0 Å². The quantitative estimate of drug-likeness (QED) is 0.700. The molecule has 0 saturated carbocycles. The number of rotatable bonds is 6. The van der Waals surface area contributed by atoms with Gasteiger partial charge in [0.05, 0.1) is 20.0 Å². The van der Waals surface area contributed by atoms with E-state index in [9.17, 15) is 9.59 Å². The van der Waals surface area contributed by atoms with Gasteiger partial charge in [0.1, 0.15) is 12.6 Å². The Morgan fingerprint density at radius 1 is 1.07 bits per heavy atom. The second kappa shape index (κ2) is 10.1. The second-order valence-corrected chi connectivity index (χ2v) is 7.96. The van der Waals surface area contributed by atoms with E-state index in [1.165, 1.54) is 4.90 Å². The normalized spacial score (nSPS) is 17.6. The Balaban J connectivity index is 1.61. The molecule has 6 nitrogen and oxygen atoms in total. The number of hydrogen-bond acceptors (Lipinski definition) is 2. The fourth-order valence-electron chi connectivity index (χ4n) is 3.74. The minimum Gasteiger partial charge on any atom is -0.343 e. The summed E-state index contributed by atoms with van der Waals surface area (Å²) < 4.78 is 0. The van der Waals surface area contributed by atoms with E-state index in [-0.39, 0.29) is 23.9 Å². The van der Waals surface area contributed by atoms with Crippen molar-refractivity contribution in [1.29, 1.82) is 0 Å². The number of anilines is 1. The molecule has 1 aliphatic rings. The minimum absolute atomic E-state index is 0.0253. The molecule has 0 aromatic heterocycles. The minimum atomic E-state index is -0.186. The molecule has 1 saturated heterocycles. The molecule has 154 valence electrons. The largest absolute Gasteiger partial charge is 0.343 e. The van der Waals surface area contributed by atoms with Crippen LogP contribution < -0.4 is 15.5 Å². The van der Waals surface area contributed by atoms with Crippen molar-refractivity contribution in [3.8, 4) is 0 Å². The van der Waals surface area contributed by atoms with Crippen LogP contribution >= 0.6 is 0 Å². The number of urea groups is 1. The van der Waals surface area contributed by atoms with Gasteiger partial charge in [-0.05, 0) is 30.5 Å². The number of para-hydroxylation sites is 1. The molecule has 1 aliphatic heterocycles. The Bertz CT molecular complexity index is 795. The number of amides is 3. The van der Waals surface area contributed by atoms with Crippen LogP contribution in [0.25, 0.3) is 0 Å². The smallest absolute Gasteiger partial charge is 0.321 e. The lowest BCUT2D eigenvalue weighted by atomic mass is 9.96. The van der Waals surface area contributed by atoms with E-state index in [2.05, 4.69) is 24.7 Å². The first-order chi connectivity index (χ1) is 14.0. The lowest BCUT2D eigenvalue weighted by Gasteiger charge is -2.33. The standard InChI is InChI=1S/C23H30N4O2/c1-26(2)17-21(18-10-5-3-6-11-18)25-22(28)19-12-9-15-27(16-19)23(29)24-20-13-7-4-8-14-20/h3-8,10-11,13-14,19,21H,9,12,15-17H2,1-2H3,(H,24,29)(H,25,28)/p+1/t19-,21+/m1/s1. The van der Waals surface area contributed by atoms with Gasteiger partial charge in [0.15, 0.2) is 0 Å². The van der Waals surface area contributed by atoms with Gasteiger partial charge in [0.2, 0.25) is 5.91 Å². The molecule has 6 heteroatoms. The number of piperidine rings is 1. The van der Waals surface area contributed by atoms with E-state index in [0.717, 1.165) is 30.6 Å². The van der Waals surface area contributed by atoms with Gasteiger partial charge in [0, 0.05) is 18.8 Å². The molecule has 2 aromatic rings. The van der Waals surface area contributed by atoms with Gasteiger partial charge < -0.3 is 20.4 Å². The average Bonchev–Trinajstić information content (AvgIpc) is 2.74. The first kappa shape index (κ1) is 20.9. The van der Waals surface area contributed by atoms with Gasteiger partial charge in [-0.1, -0.05) is 48.5 Å². The van der Waals surface area contributed by atoms with E-state index < -0.39 is 0 Å². The fraction of sp³-hybridized carbons (Fsp3) is 0.391. The highest BCUT2D eigenvalue weighted by atomic mass is 16.2. The van der Waals surface area contributed by atoms with Crippen LogP contribution in [-0.4, -0.2) is 50.6 Å². The Labute approximate surface area is 172 Å². The number of likely N-dealkylation sites (tertiary alicyclic amines) is 1. The van der Waals surface area contributed by atoms with Crippen LogP contribution in [-0.2, 0) is 4.79 Å². The third-order valence-electron chi connectivity index (χ3n) is 5.24. The van der Waals surface area contributed by atoms with Gasteiger partial charge in [-0.3, -0.25) is 4.79 Å². The molecule has 0 spiro atoms. The molecule has 2 atom stereocenters. The molecule has 0 unspecified atom stereocenters. The van der Waals surface area contributed by atoms with Crippen LogP contribution in [0.3, 0.4) is 0 Å². The number of carbonyl (C=O) groups excluding carboxylic acids is 2. The average molecular weight is 396 g/mol. The molecule has 0 bridgehead atoms. The number of carbonyl (C=O) groups is 2. The summed E-state index contributed by atoms with van der Waals surface area (Å²) in [5.74, 6) is -0.161.